The normalized spacial score (nSPS) is 17.6. The first-order valence-electron chi connectivity index (χ1n) is 6.97. The van der Waals surface area contributed by atoms with Gasteiger partial charge in [0.05, 0.1) is 0 Å². The third kappa shape index (κ3) is 4.46. The predicted molar refractivity (Wildman–Crippen MR) is 81.9 cm³/mol. The van der Waals surface area contributed by atoms with E-state index in [1.807, 2.05) is 6.92 Å². The number of hydrogen-bond donors (Lipinski definition) is 1. The highest BCUT2D eigenvalue weighted by Gasteiger charge is 2.19. The maximum absolute atomic E-state index is 12.9. The minimum atomic E-state index is -0.274. The van der Waals surface area contributed by atoms with E-state index in [-0.39, 0.29) is 24.1 Å². The summed E-state index contributed by atoms with van der Waals surface area (Å²) in [4.78, 5) is 14.0. The second-order valence-corrected chi connectivity index (χ2v) is 5.01. The highest BCUT2D eigenvalue weighted by atomic mass is 35.5. The average molecular weight is 301 g/mol. The lowest BCUT2D eigenvalue weighted by Crippen LogP contribution is -2.30. The third-order valence-electron chi connectivity index (χ3n) is 3.68. The van der Waals surface area contributed by atoms with E-state index < -0.39 is 0 Å². The molecular formula is C15H22ClFN2O. The molecule has 1 aromatic rings. The quantitative estimate of drug-likeness (QED) is 0.906. The molecule has 1 N–H and O–H groups in total. The fourth-order valence-electron chi connectivity index (χ4n) is 2.55. The number of carbonyl (C=O) groups is 1. The van der Waals surface area contributed by atoms with Crippen LogP contribution >= 0.6 is 12.4 Å². The lowest BCUT2D eigenvalue weighted by molar-refractivity contribution is -0.118. The van der Waals surface area contributed by atoms with E-state index in [1.54, 1.807) is 17.0 Å². The first kappa shape index (κ1) is 16.9. The Labute approximate surface area is 125 Å². The van der Waals surface area contributed by atoms with Crippen LogP contribution in [0.5, 0.6) is 0 Å². The standard InChI is InChI=1S/C15H21FN2O.ClH/c1-2-18(14-6-4-13(16)5-7-14)15(19)8-3-12-9-10-17-11-12;/h4-7,12,17H,2-3,8-11H2,1H3;1H. The number of benzene rings is 1. The number of nitrogens with zero attached hydrogens (tertiary/aromatic N) is 1. The average Bonchev–Trinajstić information content (AvgIpc) is 2.92. The van der Waals surface area contributed by atoms with Crippen LogP contribution in [0.2, 0.25) is 0 Å². The van der Waals surface area contributed by atoms with Crippen molar-refractivity contribution in [2.24, 2.45) is 5.92 Å². The Balaban J connectivity index is 0.00000200. The van der Waals surface area contributed by atoms with Crippen molar-refractivity contribution in [2.45, 2.75) is 26.2 Å². The van der Waals surface area contributed by atoms with E-state index in [1.165, 1.54) is 12.1 Å². The predicted octanol–water partition coefficient (Wildman–Crippen LogP) is 2.99. The highest BCUT2D eigenvalue weighted by Crippen LogP contribution is 2.19. The molecule has 2 rings (SSSR count). The summed E-state index contributed by atoms with van der Waals surface area (Å²) in [5, 5.41) is 3.31. The summed E-state index contributed by atoms with van der Waals surface area (Å²) in [5.74, 6) is 0.473. The molecule has 0 saturated carbocycles. The molecule has 0 spiro atoms. The van der Waals surface area contributed by atoms with Crippen molar-refractivity contribution in [2.75, 3.05) is 24.5 Å². The van der Waals surface area contributed by atoms with Crippen LogP contribution < -0.4 is 10.2 Å². The smallest absolute Gasteiger partial charge is 0.226 e. The van der Waals surface area contributed by atoms with Gasteiger partial charge in [0.2, 0.25) is 5.91 Å². The number of amides is 1. The molecular weight excluding hydrogens is 279 g/mol. The van der Waals surface area contributed by atoms with Crippen molar-refractivity contribution in [1.82, 2.24) is 5.32 Å². The van der Waals surface area contributed by atoms with Crippen molar-refractivity contribution >= 4 is 24.0 Å². The number of halogens is 2. The van der Waals surface area contributed by atoms with Crippen molar-refractivity contribution in [3.63, 3.8) is 0 Å². The number of carbonyl (C=O) groups excluding carboxylic acids is 1. The van der Waals surface area contributed by atoms with Crippen molar-refractivity contribution in [3.05, 3.63) is 30.1 Å². The maximum atomic E-state index is 12.9. The van der Waals surface area contributed by atoms with Gasteiger partial charge < -0.3 is 10.2 Å². The molecule has 1 heterocycles. The monoisotopic (exact) mass is 300 g/mol. The molecule has 1 aliphatic heterocycles. The molecule has 1 aromatic carbocycles. The zero-order chi connectivity index (χ0) is 13.7. The summed E-state index contributed by atoms with van der Waals surface area (Å²) >= 11 is 0. The van der Waals surface area contributed by atoms with Crippen LogP contribution in [0.4, 0.5) is 10.1 Å². The van der Waals surface area contributed by atoms with Crippen LogP contribution in [0.25, 0.3) is 0 Å². The number of anilines is 1. The van der Waals surface area contributed by atoms with E-state index in [4.69, 9.17) is 0 Å². The van der Waals surface area contributed by atoms with Gasteiger partial charge in [-0.25, -0.2) is 4.39 Å². The molecule has 1 fully saturated rings. The summed E-state index contributed by atoms with van der Waals surface area (Å²) in [5.41, 5.74) is 0.776. The summed E-state index contributed by atoms with van der Waals surface area (Å²) in [6.45, 7) is 4.65. The SMILES string of the molecule is CCN(C(=O)CCC1CCNC1)c1ccc(F)cc1.Cl. The first-order valence-corrected chi connectivity index (χ1v) is 6.97. The van der Waals surface area contributed by atoms with Gasteiger partial charge in [-0.3, -0.25) is 4.79 Å². The van der Waals surface area contributed by atoms with Crippen LogP contribution in [-0.2, 0) is 4.79 Å². The lowest BCUT2D eigenvalue weighted by Gasteiger charge is -2.21. The number of nitrogens with one attached hydrogen (secondary N) is 1. The number of hydrogen-bond acceptors (Lipinski definition) is 2. The van der Waals surface area contributed by atoms with E-state index in [0.29, 0.717) is 18.9 Å². The molecule has 3 nitrogen and oxygen atoms in total. The van der Waals surface area contributed by atoms with Crippen LogP contribution in [0, 0.1) is 11.7 Å². The summed E-state index contributed by atoms with van der Waals surface area (Å²) in [7, 11) is 0. The fourth-order valence-corrected chi connectivity index (χ4v) is 2.55. The van der Waals surface area contributed by atoms with Gasteiger partial charge >= 0.3 is 0 Å². The molecule has 0 bridgehead atoms. The topological polar surface area (TPSA) is 32.3 Å². The number of rotatable bonds is 5. The minimum absolute atomic E-state index is 0. The molecule has 20 heavy (non-hydrogen) atoms. The molecule has 0 aliphatic carbocycles. The van der Waals surface area contributed by atoms with Gasteiger partial charge in [-0.05, 0) is 63.0 Å². The summed E-state index contributed by atoms with van der Waals surface area (Å²) < 4.78 is 12.9. The van der Waals surface area contributed by atoms with Gasteiger partial charge in [-0.2, -0.15) is 0 Å². The third-order valence-corrected chi connectivity index (χ3v) is 3.68. The first-order chi connectivity index (χ1) is 9.20. The molecule has 0 aromatic heterocycles. The molecule has 5 heteroatoms. The van der Waals surface area contributed by atoms with E-state index in [2.05, 4.69) is 5.32 Å². The van der Waals surface area contributed by atoms with Crippen LogP contribution in [0.15, 0.2) is 24.3 Å². The largest absolute Gasteiger partial charge is 0.316 e. The molecule has 0 radical (unpaired) electrons. The van der Waals surface area contributed by atoms with E-state index >= 15 is 0 Å². The molecule has 1 unspecified atom stereocenters. The second kappa shape index (κ2) is 8.22. The van der Waals surface area contributed by atoms with Gasteiger partial charge in [-0.1, -0.05) is 0 Å². The molecule has 112 valence electrons. The van der Waals surface area contributed by atoms with Crippen LogP contribution in [0.1, 0.15) is 26.2 Å². The molecule has 1 atom stereocenters. The van der Waals surface area contributed by atoms with Crippen molar-refractivity contribution in [3.8, 4) is 0 Å². The fraction of sp³-hybridized carbons (Fsp3) is 0.533. The lowest BCUT2D eigenvalue weighted by atomic mass is 10.0. The second-order valence-electron chi connectivity index (χ2n) is 5.01. The van der Waals surface area contributed by atoms with E-state index in [0.717, 1.165) is 31.6 Å². The zero-order valence-electron chi connectivity index (χ0n) is 11.8. The van der Waals surface area contributed by atoms with Gasteiger partial charge in [0.25, 0.3) is 0 Å². The molecule has 1 amide bonds. The Morgan fingerprint density at radius 3 is 2.65 bits per heavy atom. The van der Waals surface area contributed by atoms with Crippen molar-refractivity contribution in [1.29, 1.82) is 0 Å². The zero-order valence-corrected chi connectivity index (χ0v) is 12.6. The Kier molecular flexibility index (Phi) is 6.96. The van der Waals surface area contributed by atoms with Gasteiger partial charge in [0.1, 0.15) is 5.82 Å². The maximum Gasteiger partial charge on any atom is 0.226 e. The Morgan fingerprint density at radius 1 is 1.40 bits per heavy atom. The summed E-state index contributed by atoms with van der Waals surface area (Å²) in [6, 6.07) is 6.11. The van der Waals surface area contributed by atoms with Gasteiger partial charge in [0, 0.05) is 18.7 Å². The highest BCUT2D eigenvalue weighted by molar-refractivity contribution is 5.93. The Morgan fingerprint density at radius 2 is 2.10 bits per heavy atom. The van der Waals surface area contributed by atoms with E-state index in [9.17, 15) is 9.18 Å². The summed E-state index contributed by atoms with van der Waals surface area (Å²) in [6.07, 6.45) is 2.66. The Hall–Kier alpha value is -1.13. The van der Waals surface area contributed by atoms with Crippen molar-refractivity contribution < 1.29 is 9.18 Å². The minimum Gasteiger partial charge on any atom is -0.316 e. The molecule has 1 saturated heterocycles. The van der Waals surface area contributed by atoms with Crippen LogP contribution in [0.3, 0.4) is 0 Å². The Bertz CT molecular complexity index is 418. The van der Waals surface area contributed by atoms with Gasteiger partial charge in [-0.15, -0.1) is 12.4 Å². The molecule has 1 aliphatic rings. The van der Waals surface area contributed by atoms with Gasteiger partial charge in [0.15, 0.2) is 0 Å². The van der Waals surface area contributed by atoms with Crippen LogP contribution in [-0.4, -0.2) is 25.5 Å².